The molecule has 0 unspecified atom stereocenters. The maximum absolute atomic E-state index is 12.1. The molecule has 0 heterocycles. The maximum atomic E-state index is 12.1. The van der Waals surface area contributed by atoms with Crippen molar-refractivity contribution in [2.45, 2.75) is 11.8 Å². The maximum Gasteiger partial charge on any atom is 0.338 e. The summed E-state index contributed by atoms with van der Waals surface area (Å²) in [6.45, 7) is 1.96. The smallest absolute Gasteiger partial charge is 0.338 e. The van der Waals surface area contributed by atoms with Crippen LogP contribution in [0.4, 0.5) is 0 Å². The number of carbonyl (C=O) groups excluding carboxylic acids is 2. The highest BCUT2D eigenvalue weighted by Crippen LogP contribution is 2.32. The SMILES string of the molecule is COC(=O)c1ccc(C(=O)OC)c(-c2cc(SC)ccc2C)c1. The Hall–Kier alpha value is -2.27. The summed E-state index contributed by atoms with van der Waals surface area (Å²) < 4.78 is 9.63. The fourth-order valence-corrected chi connectivity index (χ4v) is 2.76. The van der Waals surface area contributed by atoms with Gasteiger partial charge in [-0.15, -0.1) is 11.8 Å². The van der Waals surface area contributed by atoms with E-state index < -0.39 is 11.9 Å². The molecule has 0 atom stereocenters. The van der Waals surface area contributed by atoms with Crippen molar-refractivity contribution in [1.82, 2.24) is 0 Å². The Kier molecular flexibility index (Phi) is 5.45. The van der Waals surface area contributed by atoms with Gasteiger partial charge in [-0.3, -0.25) is 0 Å². The molecule has 0 saturated carbocycles. The summed E-state index contributed by atoms with van der Waals surface area (Å²) >= 11 is 1.61. The zero-order valence-electron chi connectivity index (χ0n) is 13.5. The minimum absolute atomic E-state index is 0.393. The van der Waals surface area contributed by atoms with Crippen molar-refractivity contribution in [2.75, 3.05) is 20.5 Å². The number of benzene rings is 2. The third-order valence-corrected chi connectivity index (χ3v) is 4.31. The van der Waals surface area contributed by atoms with Gasteiger partial charge in [0.1, 0.15) is 0 Å². The van der Waals surface area contributed by atoms with Crippen molar-refractivity contribution in [3.63, 3.8) is 0 Å². The van der Waals surface area contributed by atoms with Crippen LogP contribution in [0.25, 0.3) is 11.1 Å². The molecule has 5 heteroatoms. The third-order valence-electron chi connectivity index (χ3n) is 3.58. The molecule has 0 spiro atoms. The summed E-state index contributed by atoms with van der Waals surface area (Å²) in [4.78, 5) is 25.0. The van der Waals surface area contributed by atoms with Gasteiger partial charge in [-0.25, -0.2) is 9.59 Å². The van der Waals surface area contributed by atoms with Crippen LogP contribution in [0, 0.1) is 6.92 Å². The number of thioether (sulfide) groups is 1. The van der Waals surface area contributed by atoms with E-state index in [1.165, 1.54) is 14.2 Å². The fourth-order valence-electron chi connectivity index (χ4n) is 2.32. The molecule has 120 valence electrons. The molecular formula is C18H18O4S. The van der Waals surface area contributed by atoms with E-state index >= 15 is 0 Å². The molecule has 4 nitrogen and oxygen atoms in total. The normalized spacial score (nSPS) is 10.3. The molecule has 2 aromatic carbocycles. The van der Waals surface area contributed by atoms with E-state index in [0.29, 0.717) is 16.7 Å². The van der Waals surface area contributed by atoms with Crippen LogP contribution < -0.4 is 0 Å². The Morgan fingerprint density at radius 3 is 2.22 bits per heavy atom. The summed E-state index contributed by atoms with van der Waals surface area (Å²) in [5, 5.41) is 0. The lowest BCUT2D eigenvalue weighted by Gasteiger charge is -2.13. The van der Waals surface area contributed by atoms with E-state index in [1.807, 2.05) is 31.4 Å². The second kappa shape index (κ2) is 7.33. The van der Waals surface area contributed by atoms with Crippen molar-refractivity contribution in [3.05, 3.63) is 53.1 Å². The number of hydrogen-bond acceptors (Lipinski definition) is 5. The van der Waals surface area contributed by atoms with E-state index in [2.05, 4.69) is 0 Å². The average Bonchev–Trinajstić information content (AvgIpc) is 2.60. The molecule has 0 bridgehead atoms. The first-order chi connectivity index (χ1) is 11.0. The largest absolute Gasteiger partial charge is 0.465 e. The average molecular weight is 330 g/mol. The molecule has 0 aliphatic heterocycles. The van der Waals surface area contributed by atoms with Crippen molar-refractivity contribution in [3.8, 4) is 11.1 Å². The van der Waals surface area contributed by atoms with Gasteiger partial charge in [0.15, 0.2) is 0 Å². The number of esters is 2. The second-order valence-corrected chi connectivity index (χ2v) is 5.80. The van der Waals surface area contributed by atoms with Crippen LogP contribution >= 0.6 is 11.8 Å². The van der Waals surface area contributed by atoms with Crippen molar-refractivity contribution >= 4 is 23.7 Å². The quantitative estimate of drug-likeness (QED) is 0.627. The van der Waals surface area contributed by atoms with E-state index in [4.69, 9.17) is 9.47 Å². The minimum atomic E-state index is -0.443. The van der Waals surface area contributed by atoms with E-state index in [9.17, 15) is 9.59 Å². The lowest BCUT2D eigenvalue weighted by molar-refractivity contribution is 0.0587. The van der Waals surface area contributed by atoms with Crippen LogP contribution in [-0.4, -0.2) is 32.4 Å². The lowest BCUT2D eigenvalue weighted by atomic mass is 9.94. The van der Waals surface area contributed by atoms with Gasteiger partial charge < -0.3 is 9.47 Å². The number of rotatable bonds is 4. The van der Waals surface area contributed by atoms with Crippen LogP contribution in [0.1, 0.15) is 26.3 Å². The number of ether oxygens (including phenoxy) is 2. The van der Waals surface area contributed by atoms with Gasteiger partial charge in [0, 0.05) is 4.90 Å². The molecule has 0 aliphatic rings. The van der Waals surface area contributed by atoms with E-state index in [0.717, 1.165) is 16.0 Å². The van der Waals surface area contributed by atoms with Gasteiger partial charge in [0.25, 0.3) is 0 Å². The highest BCUT2D eigenvalue weighted by molar-refractivity contribution is 7.98. The number of aryl methyl sites for hydroxylation is 1. The lowest BCUT2D eigenvalue weighted by Crippen LogP contribution is -2.07. The molecule has 0 aliphatic carbocycles. The third kappa shape index (κ3) is 3.56. The van der Waals surface area contributed by atoms with E-state index in [-0.39, 0.29) is 0 Å². The fraction of sp³-hybridized carbons (Fsp3) is 0.222. The Morgan fingerprint density at radius 1 is 0.913 bits per heavy atom. The topological polar surface area (TPSA) is 52.6 Å². The zero-order chi connectivity index (χ0) is 17.0. The van der Waals surface area contributed by atoms with Crippen LogP contribution in [0.2, 0.25) is 0 Å². The number of carbonyl (C=O) groups is 2. The Morgan fingerprint density at radius 2 is 1.61 bits per heavy atom. The second-order valence-electron chi connectivity index (χ2n) is 4.92. The van der Waals surface area contributed by atoms with Crippen molar-refractivity contribution in [1.29, 1.82) is 0 Å². The standard InChI is InChI=1S/C18H18O4S/c1-11-5-7-13(23-4)10-15(11)16-9-12(17(19)21-2)6-8-14(16)18(20)22-3/h5-10H,1-4H3. The summed E-state index contributed by atoms with van der Waals surface area (Å²) in [6.07, 6.45) is 1.99. The predicted octanol–water partition coefficient (Wildman–Crippen LogP) is 3.96. The molecule has 0 aromatic heterocycles. The van der Waals surface area contributed by atoms with E-state index in [1.54, 1.807) is 30.0 Å². The van der Waals surface area contributed by atoms with Crippen LogP contribution in [0.15, 0.2) is 41.3 Å². The monoisotopic (exact) mass is 330 g/mol. The Bertz CT molecular complexity index is 753. The van der Waals surface area contributed by atoms with Gasteiger partial charge in [0.05, 0.1) is 25.3 Å². The van der Waals surface area contributed by atoms with Crippen LogP contribution in [-0.2, 0) is 9.47 Å². The highest BCUT2D eigenvalue weighted by Gasteiger charge is 2.18. The molecule has 0 saturated heterocycles. The van der Waals surface area contributed by atoms with Crippen molar-refractivity contribution < 1.29 is 19.1 Å². The van der Waals surface area contributed by atoms with Gasteiger partial charge in [-0.1, -0.05) is 6.07 Å². The molecule has 2 aromatic rings. The molecule has 0 fully saturated rings. The molecule has 0 radical (unpaired) electrons. The molecule has 0 amide bonds. The predicted molar refractivity (Wildman–Crippen MR) is 91.1 cm³/mol. The summed E-state index contributed by atoms with van der Waals surface area (Å²) in [6, 6.07) is 10.8. The highest BCUT2D eigenvalue weighted by atomic mass is 32.2. The first-order valence-corrected chi connectivity index (χ1v) is 8.20. The summed E-state index contributed by atoms with van der Waals surface area (Å²) in [5.41, 5.74) is 3.37. The van der Waals surface area contributed by atoms with Gasteiger partial charge in [-0.05, 0) is 60.2 Å². The van der Waals surface area contributed by atoms with Crippen LogP contribution in [0.3, 0.4) is 0 Å². The molecule has 23 heavy (non-hydrogen) atoms. The van der Waals surface area contributed by atoms with Crippen molar-refractivity contribution in [2.24, 2.45) is 0 Å². The summed E-state index contributed by atoms with van der Waals surface area (Å²) in [7, 11) is 2.67. The van der Waals surface area contributed by atoms with Gasteiger partial charge in [0.2, 0.25) is 0 Å². The number of methoxy groups -OCH3 is 2. The van der Waals surface area contributed by atoms with Crippen LogP contribution in [0.5, 0.6) is 0 Å². The molecular weight excluding hydrogens is 312 g/mol. The van der Waals surface area contributed by atoms with Gasteiger partial charge >= 0.3 is 11.9 Å². The minimum Gasteiger partial charge on any atom is -0.465 e. The Balaban J connectivity index is 2.71. The summed E-state index contributed by atoms with van der Waals surface area (Å²) in [5.74, 6) is -0.883. The first-order valence-electron chi connectivity index (χ1n) is 6.97. The Labute approximate surface area is 139 Å². The number of hydrogen-bond donors (Lipinski definition) is 0. The first kappa shape index (κ1) is 17.1. The molecule has 0 N–H and O–H groups in total. The zero-order valence-corrected chi connectivity index (χ0v) is 14.3. The van der Waals surface area contributed by atoms with Gasteiger partial charge in [-0.2, -0.15) is 0 Å². The molecule has 2 rings (SSSR count).